The molecule has 1 unspecified atom stereocenters. The highest BCUT2D eigenvalue weighted by Crippen LogP contribution is 2.32. The van der Waals surface area contributed by atoms with Crippen LogP contribution in [0.2, 0.25) is 0 Å². The molecule has 2 amide bonds. The van der Waals surface area contributed by atoms with Crippen LogP contribution >= 0.6 is 11.3 Å². The molecule has 0 aliphatic carbocycles. The van der Waals surface area contributed by atoms with Crippen LogP contribution in [0.3, 0.4) is 0 Å². The lowest BCUT2D eigenvalue weighted by Gasteiger charge is -2.44. The third kappa shape index (κ3) is 5.98. The maximum atomic E-state index is 13.0. The average molecular weight is 454 g/mol. The molecule has 0 radical (unpaired) electrons. The number of rotatable bonds is 4. The molecule has 3 fully saturated rings. The van der Waals surface area contributed by atoms with Crippen LogP contribution < -0.4 is 10.2 Å². The largest absolute Gasteiger partial charge is 0.481 e. The molecule has 1 spiro atoms. The van der Waals surface area contributed by atoms with Crippen LogP contribution in [0.25, 0.3) is 0 Å². The van der Waals surface area contributed by atoms with Crippen LogP contribution in [0.15, 0.2) is 0 Å². The molecular formula is C20H31N5O5S. The van der Waals surface area contributed by atoms with Crippen molar-refractivity contribution in [1.82, 2.24) is 20.4 Å². The van der Waals surface area contributed by atoms with Crippen LogP contribution in [0.4, 0.5) is 5.13 Å². The van der Waals surface area contributed by atoms with Crippen molar-refractivity contribution in [3.8, 4) is 0 Å². The van der Waals surface area contributed by atoms with Gasteiger partial charge in [-0.2, -0.15) is 0 Å². The summed E-state index contributed by atoms with van der Waals surface area (Å²) in [6.07, 6.45) is 3.84. The molecule has 10 nitrogen and oxygen atoms in total. The first-order chi connectivity index (χ1) is 14.8. The topological polar surface area (TPSA) is 125 Å². The number of hydrogen-bond acceptors (Lipinski definition) is 8. The lowest BCUT2D eigenvalue weighted by atomic mass is 9.89. The van der Waals surface area contributed by atoms with Gasteiger partial charge in [-0.3, -0.25) is 19.3 Å². The molecule has 1 aromatic heterocycles. The zero-order valence-corrected chi connectivity index (χ0v) is 18.9. The van der Waals surface area contributed by atoms with Crippen LogP contribution in [-0.2, 0) is 25.5 Å². The van der Waals surface area contributed by atoms with Gasteiger partial charge < -0.3 is 20.1 Å². The Hall–Kier alpha value is -2.11. The number of hydrogen-bond donors (Lipinski definition) is 2. The van der Waals surface area contributed by atoms with Crippen LogP contribution in [0.1, 0.15) is 44.5 Å². The van der Waals surface area contributed by atoms with Gasteiger partial charge in [0.25, 0.3) is 5.97 Å². The number of carboxylic acids is 1. The second-order valence-corrected chi connectivity index (χ2v) is 9.23. The third-order valence-corrected chi connectivity index (χ3v) is 6.75. The Morgan fingerprint density at radius 2 is 2.03 bits per heavy atom. The normalized spacial score (nSPS) is 22.9. The van der Waals surface area contributed by atoms with Crippen LogP contribution in [-0.4, -0.2) is 82.9 Å². The molecule has 1 atom stereocenters. The molecule has 0 aromatic carbocycles. The average Bonchev–Trinajstić information content (AvgIpc) is 3.35. The Bertz CT molecular complexity index is 781. The Balaban J connectivity index is 0.000000628. The highest BCUT2D eigenvalue weighted by atomic mass is 32.1. The van der Waals surface area contributed by atoms with E-state index in [1.165, 1.54) is 11.3 Å². The Morgan fingerprint density at radius 1 is 1.32 bits per heavy atom. The first-order valence-electron chi connectivity index (χ1n) is 10.8. The number of nitrogens with zero attached hydrogens (tertiary/aromatic N) is 4. The van der Waals surface area contributed by atoms with E-state index in [1.54, 1.807) is 4.90 Å². The summed E-state index contributed by atoms with van der Waals surface area (Å²) < 4.78 is 6.00. The molecule has 3 aliphatic heterocycles. The van der Waals surface area contributed by atoms with E-state index in [2.05, 4.69) is 22.4 Å². The summed E-state index contributed by atoms with van der Waals surface area (Å²) >= 11 is 1.46. The molecule has 1 aromatic rings. The minimum absolute atomic E-state index is 0.0270. The lowest BCUT2D eigenvalue weighted by molar-refractivity contribution is -0.144. The first kappa shape index (κ1) is 23.6. The van der Waals surface area contributed by atoms with E-state index >= 15 is 0 Å². The first-order valence-corrected chi connectivity index (χ1v) is 11.6. The van der Waals surface area contributed by atoms with Crippen LogP contribution in [0, 0.1) is 5.92 Å². The fraction of sp³-hybridized carbons (Fsp3) is 0.750. The molecule has 0 bridgehead atoms. The Morgan fingerprint density at radius 3 is 2.65 bits per heavy atom. The summed E-state index contributed by atoms with van der Waals surface area (Å²) in [5.41, 5.74) is -0.116. The van der Waals surface area contributed by atoms with Crippen molar-refractivity contribution in [3.05, 3.63) is 5.01 Å². The van der Waals surface area contributed by atoms with Gasteiger partial charge in [0, 0.05) is 52.5 Å². The summed E-state index contributed by atoms with van der Waals surface area (Å²) in [6.45, 7) is 7.49. The smallest absolute Gasteiger partial charge is 0.300 e. The number of nitrogens with one attached hydrogen (secondary N) is 1. The number of aryl methyl sites for hydroxylation is 1. The summed E-state index contributed by atoms with van der Waals surface area (Å²) in [5, 5.41) is 20.7. The molecule has 4 heterocycles. The van der Waals surface area contributed by atoms with Crippen molar-refractivity contribution < 1.29 is 24.2 Å². The minimum Gasteiger partial charge on any atom is -0.481 e. The number of amides is 2. The van der Waals surface area contributed by atoms with Gasteiger partial charge in [-0.25, -0.2) is 0 Å². The number of carbonyl (C=O) groups is 3. The van der Waals surface area contributed by atoms with Crippen LogP contribution in [0.5, 0.6) is 0 Å². The predicted molar refractivity (Wildman–Crippen MR) is 115 cm³/mol. The molecule has 4 rings (SSSR count). The van der Waals surface area contributed by atoms with E-state index in [-0.39, 0.29) is 29.8 Å². The molecule has 172 valence electrons. The highest BCUT2D eigenvalue weighted by molar-refractivity contribution is 7.15. The van der Waals surface area contributed by atoms with E-state index < -0.39 is 5.97 Å². The molecule has 2 N–H and O–H groups in total. The molecule has 11 heteroatoms. The second-order valence-electron chi connectivity index (χ2n) is 8.19. The number of likely N-dealkylation sites (tertiary alicyclic amines) is 1. The maximum absolute atomic E-state index is 13.0. The summed E-state index contributed by atoms with van der Waals surface area (Å²) in [4.78, 5) is 38.0. The van der Waals surface area contributed by atoms with E-state index in [0.717, 1.165) is 57.3 Å². The summed E-state index contributed by atoms with van der Waals surface area (Å²) in [5.74, 6) is -1.06. The van der Waals surface area contributed by atoms with Crippen molar-refractivity contribution in [2.75, 3.05) is 44.2 Å². The number of piperidine rings is 1. The predicted octanol–water partition coefficient (Wildman–Crippen LogP) is 0.915. The van der Waals surface area contributed by atoms with Gasteiger partial charge in [-0.15, -0.1) is 10.2 Å². The maximum Gasteiger partial charge on any atom is 0.300 e. The van der Waals surface area contributed by atoms with Gasteiger partial charge in [0.15, 0.2) is 0 Å². The molecular weight excluding hydrogens is 422 g/mol. The minimum atomic E-state index is -0.833. The Labute approximate surface area is 185 Å². The third-order valence-electron chi connectivity index (χ3n) is 5.75. The SMILES string of the molecule is CC(=O)O.CCCc1nnc(N2CC(C(=O)N3CCC4(CC3)CNCCO4)CC2=O)s1. The van der Waals surface area contributed by atoms with E-state index in [1.807, 2.05) is 4.90 Å². The zero-order chi connectivity index (χ0) is 22.4. The highest BCUT2D eigenvalue weighted by Gasteiger charge is 2.42. The van der Waals surface area contributed by atoms with Gasteiger partial charge in [0.1, 0.15) is 5.01 Å². The van der Waals surface area contributed by atoms with Gasteiger partial charge in [-0.05, 0) is 19.3 Å². The van der Waals surface area contributed by atoms with E-state index in [0.29, 0.717) is 24.8 Å². The van der Waals surface area contributed by atoms with Crippen molar-refractivity contribution >= 4 is 34.3 Å². The number of carboxylic acid groups (broad SMARTS) is 1. The zero-order valence-electron chi connectivity index (χ0n) is 18.1. The number of carbonyl (C=O) groups excluding carboxylic acids is 2. The quantitative estimate of drug-likeness (QED) is 0.689. The molecule has 3 saturated heterocycles. The molecule has 0 saturated carbocycles. The molecule has 31 heavy (non-hydrogen) atoms. The summed E-state index contributed by atoms with van der Waals surface area (Å²) in [7, 11) is 0. The van der Waals surface area contributed by atoms with Crippen molar-refractivity contribution in [1.29, 1.82) is 0 Å². The molecule has 3 aliphatic rings. The second kappa shape index (κ2) is 10.5. The number of ether oxygens (including phenoxy) is 1. The van der Waals surface area contributed by atoms with Crippen molar-refractivity contribution in [3.63, 3.8) is 0 Å². The number of anilines is 1. The van der Waals surface area contributed by atoms with Gasteiger partial charge in [-0.1, -0.05) is 18.3 Å². The fourth-order valence-corrected chi connectivity index (χ4v) is 5.11. The van der Waals surface area contributed by atoms with E-state index in [4.69, 9.17) is 14.6 Å². The lowest BCUT2D eigenvalue weighted by Crippen LogP contribution is -2.57. The summed E-state index contributed by atoms with van der Waals surface area (Å²) in [6, 6.07) is 0. The van der Waals surface area contributed by atoms with Crippen molar-refractivity contribution in [2.24, 2.45) is 5.92 Å². The van der Waals surface area contributed by atoms with Gasteiger partial charge >= 0.3 is 0 Å². The van der Waals surface area contributed by atoms with E-state index in [9.17, 15) is 9.59 Å². The fourth-order valence-electron chi connectivity index (χ4n) is 4.15. The number of aromatic nitrogens is 2. The van der Waals surface area contributed by atoms with Gasteiger partial charge in [0.05, 0.1) is 18.1 Å². The number of aliphatic carboxylic acids is 1. The Kier molecular flexibility index (Phi) is 7.95. The standard InChI is InChI=1S/C18H27N5O3S.C2H4O2/c1-2-3-14-20-21-17(27-14)23-11-13(10-15(23)24)16(25)22-7-4-18(5-8-22)12-19-6-9-26-18;1-2(3)4/h13,19H,2-12H2,1H3;1H3,(H,3,4). The number of morpholine rings is 1. The van der Waals surface area contributed by atoms with Crippen molar-refractivity contribution in [2.45, 2.75) is 51.6 Å². The van der Waals surface area contributed by atoms with Gasteiger partial charge in [0.2, 0.25) is 16.9 Å². The monoisotopic (exact) mass is 453 g/mol.